The number of fused-ring (bicyclic) bond motifs is 5. The molecule has 4 rings (SSSR count). The number of anilines is 1. The smallest absolute Gasteiger partial charge is 0.0642 e. The van der Waals surface area contributed by atoms with Crippen molar-refractivity contribution >= 4 is 5.69 Å². The Kier molecular flexibility index (Phi) is 2.78. The second-order valence-corrected chi connectivity index (χ2v) is 6.13. The fourth-order valence-corrected chi connectivity index (χ4v) is 3.97. The molecule has 2 atom stereocenters. The van der Waals surface area contributed by atoms with Crippen molar-refractivity contribution in [1.82, 2.24) is 4.90 Å². The minimum absolute atomic E-state index is 0.662. The molecule has 1 aromatic rings. The molecule has 2 bridgehead atoms. The molecule has 102 valence electrons. The predicted molar refractivity (Wildman–Crippen MR) is 76.8 cm³/mol. The molecule has 0 spiro atoms. The molecule has 3 nitrogen and oxygen atoms in total. The van der Waals surface area contributed by atoms with Crippen LogP contribution in [0, 0.1) is 0 Å². The van der Waals surface area contributed by atoms with Crippen LogP contribution in [0.2, 0.25) is 0 Å². The summed E-state index contributed by atoms with van der Waals surface area (Å²) in [5.74, 6) is 0.815. The van der Waals surface area contributed by atoms with Gasteiger partial charge >= 0.3 is 0 Å². The number of rotatable bonds is 1. The van der Waals surface area contributed by atoms with Gasteiger partial charge in [-0.2, -0.15) is 0 Å². The molecule has 2 saturated heterocycles. The van der Waals surface area contributed by atoms with Crippen molar-refractivity contribution in [1.29, 1.82) is 0 Å². The molecule has 1 unspecified atom stereocenters. The maximum Gasteiger partial charge on any atom is 0.0642 e. The third kappa shape index (κ3) is 1.87. The van der Waals surface area contributed by atoms with E-state index in [-0.39, 0.29) is 0 Å². The topological polar surface area (TPSA) is 15.7 Å². The molecule has 2 heterocycles. The first kappa shape index (κ1) is 11.7. The van der Waals surface area contributed by atoms with Gasteiger partial charge in [-0.3, -0.25) is 4.90 Å². The van der Waals surface area contributed by atoms with Gasteiger partial charge in [0.05, 0.1) is 13.2 Å². The van der Waals surface area contributed by atoms with Gasteiger partial charge in [-0.25, -0.2) is 0 Å². The highest BCUT2D eigenvalue weighted by atomic mass is 16.5. The van der Waals surface area contributed by atoms with Crippen molar-refractivity contribution in [2.24, 2.45) is 0 Å². The minimum atomic E-state index is 0.662. The molecule has 0 amide bonds. The van der Waals surface area contributed by atoms with Gasteiger partial charge in [-0.15, -0.1) is 0 Å². The zero-order valence-electron chi connectivity index (χ0n) is 11.6. The summed E-state index contributed by atoms with van der Waals surface area (Å²) in [4.78, 5) is 5.00. The molecular weight excluding hydrogens is 236 g/mol. The van der Waals surface area contributed by atoms with Crippen molar-refractivity contribution < 1.29 is 4.74 Å². The molecular formula is C16H22N2O. The summed E-state index contributed by atoms with van der Waals surface area (Å²) in [6.07, 6.45) is 2.66. The number of ether oxygens (including phenoxy) is 1. The van der Waals surface area contributed by atoms with E-state index >= 15 is 0 Å². The van der Waals surface area contributed by atoms with Crippen LogP contribution in [0.4, 0.5) is 5.69 Å². The summed E-state index contributed by atoms with van der Waals surface area (Å²) in [6.45, 7) is 5.04. The highest BCUT2D eigenvalue weighted by molar-refractivity contribution is 5.55. The van der Waals surface area contributed by atoms with Crippen LogP contribution >= 0.6 is 0 Å². The Bertz CT molecular complexity index is 482. The second kappa shape index (κ2) is 4.50. The number of piperidine rings is 1. The SMILES string of the molecule is CN1CCC2C[C@@H]1c1cc(N3CCOCC3)ccc12. The molecule has 0 saturated carbocycles. The lowest BCUT2D eigenvalue weighted by Crippen LogP contribution is -2.36. The fraction of sp³-hybridized carbons (Fsp3) is 0.625. The van der Waals surface area contributed by atoms with Crippen molar-refractivity contribution in [3.8, 4) is 0 Å². The highest BCUT2D eigenvalue weighted by Crippen LogP contribution is 2.49. The average Bonchev–Trinajstić information content (AvgIpc) is 2.78. The van der Waals surface area contributed by atoms with Gasteiger partial charge in [0.1, 0.15) is 0 Å². The van der Waals surface area contributed by atoms with Crippen LogP contribution < -0.4 is 4.90 Å². The summed E-state index contributed by atoms with van der Waals surface area (Å²) in [7, 11) is 2.28. The number of hydrogen-bond acceptors (Lipinski definition) is 3. The highest BCUT2D eigenvalue weighted by Gasteiger charge is 2.37. The second-order valence-electron chi connectivity index (χ2n) is 6.13. The molecule has 0 aromatic heterocycles. The summed E-state index contributed by atoms with van der Waals surface area (Å²) in [6, 6.07) is 7.83. The van der Waals surface area contributed by atoms with Crippen LogP contribution in [0.5, 0.6) is 0 Å². The quantitative estimate of drug-likeness (QED) is 0.769. The van der Waals surface area contributed by atoms with E-state index < -0.39 is 0 Å². The summed E-state index contributed by atoms with van der Waals surface area (Å²) in [5, 5.41) is 0. The molecule has 1 aromatic carbocycles. The first-order chi connectivity index (χ1) is 9.33. The monoisotopic (exact) mass is 258 g/mol. The van der Waals surface area contributed by atoms with E-state index in [1.54, 1.807) is 11.1 Å². The Morgan fingerprint density at radius 2 is 1.95 bits per heavy atom. The van der Waals surface area contributed by atoms with Gasteiger partial charge in [0.15, 0.2) is 0 Å². The van der Waals surface area contributed by atoms with E-state index in [4.69, 9.17) is 4.74 Å². The Labute approximate surface area is 115 Å². The maximum atomic E-state index is 5.45. The van der Waals surface area contributed by atoms with Gasteiger partial charge in [0.25, 0.3) is 0 Å². The Morgan fingerprint density at radius 3 is 2.79 bits per heavy atom. The standard InChI is InChI=1S/C16H22N2O/c1-17-5-4-12-10-16(17)15-11-13(2-3-14(12)15)18-6-8-19-9-7-18/h2-3,11-12,16H,4-10H2,1H3/t12?,16-/m1/s1. The first-order valence-electron chi connectivity index (χ1n) is 7.50. The van der Waals surface area contributed by atoms with E-state index in [2.05, 4.69) is 35.0 Å². The van der Waals surface area contributed by atoms with Crippen LogP contribution in [0.15, 0.2) is 18.2 Å². The summed E-state index contributed by atoms with van der Waals surface area (Å²) < 4.78 is 5.45. The van der Waals surface area contributed by atoms with E-state index in [1.165, 1.54) is 25.1 Å². The molecule has 2 aliphatic heterocycles. The molecule has 0 radical (unpaired) electrons. The Balaban J connectivity index is 1.68. The molecule has 1 aliphatic carbocycles. The lowest BCUT2D eigenvalue weighted by atomic mass is 9.96. The Morgan fingerprint density at radius 1 is 1.11 bits per heavy atom. The molecule has 0 N–H and O–H groups in total. The van der Waals surface area contributed by atoms with E-state index in [0.717, 1.165) is 32.2 Å². The third-order valence-electron chi connectivity index (χ3n) is 5.12. The predicted octanol–water partition coefficient (Wildman–Crippen LogP) is 2.39. The van der Waals surface area contributed by atoms with Crippen LogP contribution in [0.3, 0.4) is 0 Å². The molecule has 2 fully saturated rings. The van der Waals surface area contributed by atoms with Crippen LogP contribution in [0.1, 0.15) is 35.9 Å². The number of likely N-dealkylation sites (tertiary alicyclic amines) is 1. The summed E-state index contributed by atoms with van der Waals surface area (Å²) in [5.41, 5.74) is 4.60. The fourth-order valence-electron chi connectivity index (χ4n) is 3.97. The number of nitrogens with zero attached hydrogens (tertiary/aromatic N) is 2. The van der Waals surface area contributed by atoms with Gasteiger partial charge in [0, 0.05) is 24.8 Å². The van der Waals surface area contributed by atoms with Crippen molar-refractivity contribution in [3.05, 3.63) is 29.3 Å². The van der Waals surface area contributed by atoms with Crippen molar-refractivity contribution in [2.75, 3.05) is 44.8 Å². The molecule has 3 aliphatic rings. The maximum absolute atomic E-state index is 5.45. The zero-order chi connectivity index (χ0) is 12.8. The van der Waals surface area contributed by atoms with Crippen molar-refractivity contribution in [3.63, 3.8) is 0 Å². The van der Waals surface area contributed by atoms with E-state index in [1.807, 2.05) is 0 Å². The number of morpholine rings is 1. The largest absolute Gasteiger partial charge is 0.378 e. The normalized spacial score (nSPS) is 30.5. The third-order valence-corrected chi connectivity index (χ3v) is 5.12. The van der Waals surface area contributed by atoms with Crippen LogP contribution in [-0.4, -0.2) is 44.8 Å². The van der Waals surface area contributed by atoms with Crippen molar-refractivity contribution in [2.45, 2.75) is 24.8 Å². The number of hydrogen-bond donors (Lipinski definition) is 0. The lowest BCUT2D eigenvalue weighted by Gasteiger charge is -2.31. The summed E-state index contributed by atoms with van der Waals surface area (Å²) >= 11 is 0. The van der Waals surface area contributed by atoms with E-state index in [0.29, 0.717) is 6.04 Å². The first-order valence-corrected chi connectivity index (χ1v) is 7.50. The Hall–Kier alpha value is -1.06. The van der Waals surface area contributed by atoms with Crippen LogP contribution in [0.25, 0.3) is 0 Å². The lowest BCUT2D eigenvalue weighted by molar-refractivity contribution is 0.122. The van der Waals surface area contributed by atoms with Gasteiger partial charge in [-0.05, 0) is 55.6 Å². The van der Waals surface area contributed by atoms with Gasteiger partial charge < -0.3 is 9.64 Å². The zero-order valence-corrected chi connectivity index (χ0v) is 11.6. The number of benzene rings is 1. The van der Waals surface area contributed by atoms with Gasteiger partial charge in [0.2, 0.25) is 0 Å². The molecule has 19 heavy (non-hydrogen) atoms. The van der Waals surface area contributed by atoms with Gasteiger partial charge in [-0.1, -0.05) is 6.07 Å². The van der Waals surface area contributed by atoms with E-state index in [9.17, 15) is 0 Å². The minimum Gasteiger partial charge on any atom is -0.378 e. The van der Waals surface area contributed by atoms with Crippen LogP contribution in [-0.2, 0) is 4.74 Å². The average molecular weight is 258 g/mol. The molecule has 3 heteroatoms.